The lowest BCUT2D eigenvalue weighted by Gasteiger charge is -2.09. The average Bonchev–Trinajstić information content (AvgIpc) is 2.18. The van der Waals surface area contributed by atoms with Gasteiger partial charge in [-0.1, -0.05) is 0 Å². The predicted octanol–water partition coefficient (Wildman–Crippen LogP) is 1.34. The highest BCUT2D eigenvalue weighted by Crippen LogP contribution is 2.26. The summed E-state index contributed by atoms with van der Waals surface area (Å²) in [5, 5.41) is 17.7. The Morgan fingerprint density at radius 3 is 2.88 bits per heavy atom. The molecule has 0 aliphatic carbocycles. The summed E-state index contributed by atoms with van der Waals surface area (Å²) in [6.07, 6.45) is -1.30. The third-order valence-electron chi connectivity index (χ3n) is 1.82. The minimum Gasteiger partial charge on any atom is -0.481 e. The molecule has 0 aliphatic rings. The van der Waals surface area contributed by atoms with Gasteiger partial charge >= 0.3 is 5.97 Å². The maximum atomic E-state index is 12.9. The Bertz CT molecular complexity index is 386. The molecular weight excluding hydrogens is 233 g/mol. The number of aliphatic hydroxyl groups excluding tert-OH is 1. The fraction of sp³-hybridized carbons (Fsp3) is 0.300. The average molecular weight is 245 g/mol. The van der Waals surface area contributed by atoms with E-state index in [9.17, 15) is 14.3 Å². The summed E-state index contributed by atoms with van der Waals surface area (Å²) in [6, 6.07) is 3.93. The fourth-order valence-corrected chi connectivity index (χ4v) is 2.00. The second-order valence-corrected chi connectivity index (χ2v) is 4.31. The van der Waals surface area contributed by atoms with Gasteiger partial charge in [-0.2, -0.15) is 0 Å². The van der Waals surface area contributed by atoms with Crippen LogP contribution in [0.15, 0.2) is 23.1 Å². The van der Waals surface area contributed by atoms with Crippen LogP contribution in [0.3, 0.4) is 0 Å². The third kappa shape index (κ3) is 4.08. The number of nitrogen functional groups attached to an aromatic ring is 1. The van der Waals surface area contributed by atoms with Gasteiger partial charge in [-0.05, 0) is 18.2 Å². The van der Waals surface area contributed by atoms with E-state index in [1.165, 1.54) is 18.2 Å². The highest BCUT2D eigenvalue weighted by molar-refractivity contribution is 7.99. The molecule has 0 heterocycles. The lowest BCUT2D eigenvalue weighted by Crippen LogP contribution is -2.15. The number of anilines is 1. The molecule has 0 radical (unpaired) electrons. The fourth-order valence-electron chi connectivity index (χ4n) is 1.08. The van der Waals surface area contributed by atoms with Crippen molar-refractivity contribution in [2.45, 2.75) is 17.4 Å². The van der Waals surface area contributed by atoms with Crippen molar-refractivity contribution >= 4 is 23.4 Å². The number of aliphatic carboxylic acids is 1. The van der Waals surface area contributed by atoms with Crippen LogP contribution in [0.5, 0.6) is 0 Å². The number of aliphatic hydroxyl groups is 1. The molecule has 0 aromatic heterocycles. The van der Waals surface area contributed by atoms with E-state index in [0.29, 0.717) is 10.6 Å². The molecule has 0 fully saturated rings. The Hall–Kier alpha value is -1.27. The highest BCUT2D eigenvalue weighted by Gasteiger charge is 2.11. The molecule has 1 atom stereocenters. The molecule has 1 unspecified atom stereocenters. The molecule has 1 aromatic rings. The molecule has 16 heavy (non-hydrogen) atoms. The lowest BCUT2D eigenvalue weighted by molar-refractivity contribution is -0.138. The summed E-state index contributed by atoms with van der Waals surface area (Å²) >= 11 is 1.13. The second kappa shape index (κ2) is 5.72. The molecule has 0 aliphatic heterocycles. The van der Waals surface area contributed by atoms with Crippen molar-refractivity contribution in [1.29, 1.82) is 0 Å². The van der Waals surface area contributed by atoms with Gasteiger partial charge in [-0.15, -0.1) is 11.8 Å². The van der Waals surface area contributed by atoms with Gasteiger partial charge in [0.1, 0.15) is 5.82 Å². The Morgan fingerprint density at radius 1 is 1.56 bits per heavy atom. The van der Waals surface area contributed by atoms with Gasteiger partial charge in [0.05, 0.1) is 12.5 Å². The Balaban J connectivity index is 2.54. The van der Waals surface area contributed by atoms with Gasteiger partial charge < -0.3 is 15.9 Å². The number of nitrogens with two attached hydrogens (primary N) is 1. The molecule has 4 N–H and O–H groups in total. The number of carboxylic acid groups (broad SMARTS) is 1. The van der Waals surface area contributed by atoms with Gasteiger partial charge in [0.2, 0.25) is 0 Å². The van der Waals surface area contributed by atoms with E-state index < -0.39 is 17.9 Å². The molecule has 88 valence electrons. The highest BCUT2D eigenvalue weighted by atomic mass is 32.2. The lowest BCUT2D eigenvalue weighted by atomic mass is 10.3. The largest absolute Gasteiger partial charge is 0.481 e. The number of carbonyl (C=O) groups is 1. The van der Waals surface area contributed by atoms with Crippen LogP contribution >= 0.6 is 11.8 Å². The van der Waals surface area contributed by atoms with Crippen LogP contribution in [0.4, 0.5) is 10.1 Å². The Labute approximate surface area is 96.3 Å². The topological polar surface area (TPSA) is 83.5 Å². The van der Waals surface area contributed by atoms with Gasteiger partial charge in [0, 0.05) is 16.3 Å². The van der Waals surface area contributed by atoms with E-state index in [2.05, 4.69) is 0 Å². The number of hydrogen-bond donors (Lipinski definition) is 3. The van der Waals surface area contributed by atoms with Crippen LogP contribution in [0.1, 0.15) is 6.42 Å². The van der Waals surface area contributed by atoms with Crippen molar-refractivity contribution in [3.8, 4) is 0 Å². The first-order valence-corrected chi connectivity index (χ1v) is 5.55. The summed E-state index contributed by atoms with van der Waals surface area (Å²) in [7, 11) is 0. The molecule has 1 rings (SSSR count). The normalized spacial score (nSPS) is 12.4. The quantitative estimate of drug-likeness (QED) is 0.538. The van der Waals surface area contributed by atoms with E-state index in [1.54, 1.807) is 0 Å². The van der Waals surface area contributed by atoms with Crippen LogP contribution in [-0.4, -0.2) is 28.0 Å². The summed E-state index contributed by atoms with van der Waals surface area (Å²) in [5.41, 5.74) is 6.00. The van der Waals surface area contributed by atoms with E-state index in [4.69, 9.17) is 10.8 Å². The molecular formula is C10H12FNO3S. The van der Waals surface area contributed by atoms with Crippen molar-refractivity contribution in [2.75, 3.05) is 11.5 Å². The first-order chi connectivity index (χ1) is 7.49. The zero-order valence-corrected chi connectivity index (χ0v) is 9.21. The number of benzene rings is 1. The first kappa shape index (κ1) is 12.8. The number of halogens is 1. The minimum absolute atomic E-state index is 0.167. The minimum atomic E-state index is -1.07. The first-order valence-electron chi connectivity index (χ1n) is 4.56. The van der Waals surface area contributed by atoms with Gasteiger partial charge in [0.25, 0.3) is 0 Å². The summed E-state index contributed by atoms with van der Waals surface area (Å²) in [6.45, 7) is 0. The molecule has 4 nitrogen and oxygen atoms in total. The summed E-state index contributed by atoms with van der Waals surface area (Å²) in [4.78, 5) is 10.8. The van der Waals surface area contributed by atoms with Crippen molar-refractivity contribution in [3.63, 3.8) is 0 Å². The van der Waals surface area contributed by atoms with Crippen LogP contribution in [0.2, 0.25) is 0 Å². The van der Waals surface area contributed by atoms with Crippen LogP contribution in [0.25, 0.3) is 0 Å². The zero-order chi connectivity index (χ0) is 12.1. The number of rotatable bonds is 5. The van der Waals surface area contributed by atoms with Crippen LogP contribution in [-0.2, 0) is 4.79 Å². The van der Waals surface area contributed by atoms with Crippen molar-refractivity contribution in [3.05, 3.63) is 24.0 Å². The number of thioether (sulfide) groups is 1. The van der Waals surface area contributed by atoms with Gasteiger partial charge in [-0.3, -0.25) is 4.79 Å². The zero-order valence-electron chi connectivity index (χ0n) is 8.39. The predicted molar refractivity (Wildman–Crippen MR) is 59.8 cm³/mol. The molecule has 0 saturated carbocycles. The van der Waals surface area contributed by atoms with Crippen molar-refractivity contribution < 1.29 is 19.4 Å². The van der Waals surface area contributed by atoms with Crippen LogP contribution in [0, 0.1) is 5.82 Å². The molecule has 1 aromatic carbocycles. The summed E-state index contributed by atoms with van der Waals surface area (Å²) < 4.78 is 12.9. The van der Waals surface area contributed by atoms with Crippen molar-refractivity contribution in [2.24, 2.45) is 0 Å². The van der Waals surface area contributed by atoms with Gasteiger partial charge in [-0.25, -0.2) is 4.39 Å². The Kier molecular flexibility index (Phi) is 4.57. The van der Waals surface area contributed by atoms with E-state index >= 15 is 0 Å². The second-order valence-electron chi connectivity index (χ2n) is 3.24. The third-order valence-corrected chi connectivity index (χ3v) is 3.03. The molecule has 0 spiro atoms. The molecule has 6 heteroatoms. The van der Waals surface area contributed by atoms with E-state index in [1.807, 2.05) is 0 Å². The maximum absolute atomic E-state index is 12.9. The number of hydrogen-bond acceptors (Lipinski definition) is 4. The van der Waals surface area contributed by atoms with E-state index in [-0.39, 0.29) is 12.2 Å². The van der Waals surface area contributed by atoms with E-state index in [0.717, 1.165) is 11.8 Å². The monoisotopic (exact) mass is 245 g/mol. The van der Waals surface area contributed by atoms with Gasteiger partial charge in [0.15, 0.2) is 0 Å². The van der Waals surface area contributed by atoms with Crippen molar-refractivity contribution in [1.82, 2.24) is 0 Å². The standard InChI is InChI=1S/C10H12FNO3S/c11-6-1-2-8(12)9(3-6)16-5-7(13)4-10(14)15/h1-3,7,13H,4-5,12H2,(H,14,15). The Morgan fingerprint density at radius 2 is 2.25 bits per heavy atom. The maximum Gasteiger partial charge on any atom is 0.306 e. The SMILES string of the molecule is Nc1ccc(F)cc1SCC(O)CC(=O)O. The summed E-state index contributed by atoms with van der Waals surface area (Å²) in [5.74, 6) is -1.32. The smallest absolute Gasteiger partial charge is 0.306 e. The molecule has 0 saturated heterocycles. The molecule has 0 amide bonds. The molecule has 0 bridgehead atoms. The van der Waals surface area contributed by atoms with Crippen LogP contribution < -0.4 is 5.73 Å². The number of carboxylic acids is 1.